The van der Waals surface area contributed by atoms with Crippen LogP contribution in [0.4, 0.5) is 16.6 Å². The number of aromatic nitrogens is 2. The van der Waals surface area contributed by atoms with Crippen LogP contribution in [0.1, 0.15) is 78.6 Å². The van der Waals surface area contributed by atoms with Gasteiger partial charge in [0, 0.05) is 25.7 Å². The van der Waals surface area contributed by atoms with Gasteiger partial charge in [0.1, 0.15) is 11.4 Å². The molecule has 1 aromatic rings. The Bertz CT molecular complexity index is 724. The van der Waals surface area contributed by atoms with Crippen LogP contribution in [0.3, 0.4) is 0 Å². The Morgan fingerprint density at radius 3 is 2.55 bits per heavy atom. The van der Waals surface area contributed by atoms with Crippen LogP contribution in [0.25, 0.3) is 0 Å². The van der Waals surface area contributed by atoms with Gasteiger partial charge in [-0.15, -0.1) is 0 Å². The molecule has 8 nitrogen and oxygen atoms in total. The molecule has 2 rings (SSSR count). The van der Waals surface area contributed by atoms with Gasteiger partial charge in [-0.1, -0.05) is 19.3 Å². The van der Waals surface area contributed by atoms with Crippen LogP contribution in [-0.4, -0.2) is 46.6 Å². The van der Waals surface area contributed by atoms with Crippen LogP contribution in [0.5, 0.6) is 0 Å². The molecule has 1 aliphatic rings. The van der Waals surface area contributed by atoms with E-state index in [-0.39, 0.29) is 5.78 Å². The van der Waals surface area contributed by atoms with E-state index >= 15 is 0 Å². The van der Waals surface area contributed by atoms with E-state index in [0.717, 1.165) is 61.8 Å². The van der Waals surface area contributed by atoms with Crippen molar-refractivity contribution in [2.45, 2.75) is 90.2 Å². The minimum atomic E-state index is -0.592. The normalized spacial score (nSPS) is 19.9. The molecular weight excluding hydrogens is 462 g/mol. The van der Waals surface area contributed by atoms with E-state index in [9.17, 15) is 9.59 Å². The summed E-state index contributed by atoms with van der Waals surface area (Å²) in [6.45, 7) is 6.98. The van der Waals surface area contributed by atoms with Crippen molar-refractivity contribution in [1.82, 2.24) is 15.3 Å². The minimum Gasteiger partial charge on any atom is -0.444 e. The fourth-order valence-corrected chi connectivity index (χ4v) is 3.68. The van der Waals surface area contributed by atoms with Crippen LogP contribution in [0.15, 0.2) is 10.7 Å². The van der Waals surface area contributed by atoms with Crippen molar-refractivity contribution in [3.8, 4) is 0 Å². The highest BCUT2D eigenvalue weighted by atomic mass is 79.9. The molecule has 2 heterocycles. The number of ether oxygens (including phenoxy) is 1. The quantitative estimate of drug-likeness (QED) is 0.498. The lowest BCUT2D eigenvalue weighted by Crippen LogP contribution is -2.43. The third kappa shape index (κ3) is 10.3. The topological polar surface area (TPSA) is 105 Å². The van der Waals surface area contributed by atoms with E-state index in [2.05, 4.69) is 41.8 Å². The zero-order chi connectivity index (χ0) is 22.7. The van der Waals surface area contributed by atoms with Gasteiger partial charge >= 0.3 is 6.09 Å². The van der Waals surface area contributed by atoms with Gasteiger partial charge in [-0.2, -0.15) is 4.98 Å². The van der Waals surface area contributed by atoms with E-state index in [0.29, 0.717) is 25.3 Å². The summed E-state index contributed by atoms with van der Waals surface area (Å²) in [5.74, 6) is 1.46. The number of carbonyl (C=O) groups excluding carboxylic acids is 2. The summed E-state index contributed by atoms with van der Waals surface area (Å²) in [5.41, 5.74) is -0.592. The molecule has 31 heavy (non-hydrogen) atoms. The van der Waals surface area contributed by atoms with Crippen molar-refractivity contribution in [2.75, 3.05) is 23.7 Å². The van der Waals surface area contributed by atoms with Gasteiger partial charge < -0.3 is 20.7 Å². The van der Waals surface area contributed by atoms with Crippen LogP contribution in [-0.2, 0) is 9.53 Å². The molecule has 0 aliphatic carbocycles. The zero-order valence-electron chi connectivity index (χ0n) is 18.9. The summed E-state index contributed by atoms with van der Waals surface area (Å²) in [6.07, 6.45) is 8.99. The number of alkyl carbamates (subject to hydrolysis) is 1. The van der Waals surface area contributed by atoms with Crippen molar-refractivity contribution in [3.63, 3.8) is 0 Å². The van der Waals surface area contributed by atoms with Crippen LogP contribution in [0.2, 0.25) is 0 Å². The van der Waals surface area contributed by atoms with E-state index in [4.69, 9.17) is 4.74 Å². The van der Waals surface area contributed by atoms with Gasteiger partial charge in [0.2, 0.25) is 5.95 Å². The number of nitrogens with zero attached hydrogens (tertiary/aromatic N) is 2. The van der Waals surface area contributed by atoms with Gasteiger partial charge in [0.25, 0.3) is 0 Å². The van der Waals surface area contributed by atoms with Gasteiger partial charge in [-0.05, 0) is 68.8 Å². The highest BCUT2D eigenvalue weighted by Gasteiger charge is 2.23. The lowest BCUT2D eigenvalue weighted by Gasteiger charge is -2.23. The Morgan fingerprint density at radius 2 is 1.77 bits per heavy atom. The molecule has 9 heteroatoms. The summed E-state index contributed by atoms with van der Waals surface area (Å²) in [5, 5.41) is 9.39. The summed E-state index contributed by atoms with van der Waals surface area (Å²) >= 11 is 3.48. The number of ketones is 1. The zero-order valence-corrected chi connectivity index (χ0v) is 20.5. The summed E-state index contributed by atoms with van der Waals surface area (Å²) in [4.78, 5) is 33.8. The lowest BCUT2D eigenvalue weighted by molar-refractivity contribution is -0.121. The van der Waals surface area contributed by atoms with Gasteiger partial charge in [-0.3, -0.25) is 4.79 Å². The van der Waals surface area contributed by atoms with Crippen molar-refractivity contribution in [2.24, 2.45) is 0 Å². The summed E-state index contributed by atoms with van der Waals surface area (Å²) < 4.78 is 6.16. The molecule has 0 saturated heterocycles. The van der Waals surface area contributed by atoms with E-state index in [1.54, 1.807) is 6.20 Å². The average Bonchev–Trinajstić information content (AvgIpc) is 2.68. The van der Waals surface area contributed by atoms with Crippen molar-refractivity contribution >= 4 is 39.6 Å². The van der Waals surface area contributed by atoms with Crippen LogP contribution < -0.4 is 16.0 Å². The number of fused-ring (bicyclic) bond motifs is 2. The molecular formula is C22H36BrN5O3. The molecule has 1 aromatic heterocycles. The Morgan fingerprint density at radius 1 is 1.10 bits per heavy atom. The first-order valence-corrected chi connectivity index (χ1v) is 12.1. The maximum atomic E-state index is 12.8. The molecule has 3 N–H and O–H groups in total. The molecule has 174 valence electrons. The number of hydrogen-bond donors (Lipinski definition) is 3. The number of nitrogens with one attached hydrogen (secondary N) is 3. The maximum absolute atomic E-state index is 12.8. The molecule has 0 aromatic carbocycles. The first kappa shape index (κ1) is 25.4. The Labute approximate surface area is 193 Å². The number of hydrogen-bond acceptors (Lipinski definition) is 7. The third-order valence-electron chi connectivity index (χ3n) is 4.92. The largest absolute Gasteiger partial charge is 0.444 e. The van der Waals surface area contributed by atoms with E-state index < -0.39 is 17.7 Å². The number of halogens is 1. The fourth-order valence-electron chi connectivity index (χ4n) is 3.35. The second-order valence-electron chi connectivity index (χ2n) is 8.92. The molecule has 1 amide bonds. The van der Waals surface area contributed by atoms with Gasteiger partial charge in [-0.25, -0.2) is 9.78 Å². The van der Waals surface area contributed by atoms with E-state index in [1.165, 1.54) is 0 Å². The number of amides is 1. The van der Waals surface area contributed by atoms with Crippen LogP contribution in [0, 0.1) is 0 Å². The predicted octanol–water partition coefficient (Wildman–Crippen LogP) is 5.05. The standard InChI is InChI=1S/C22H36BrN5O3/c1-22(2,3)31-21(30)27-17-11-8-10-13-24-19-16(23)15-26-20(28-19)25-14-9-6-4-5-7-12-18(17)29/h15,17H,4-14H2,1-3H3,(H,27,30)(H2,24,25,26,28)/t17-/m0/s1. The Kier molecular flexibility index (Phi) is 10.5. The molecule has 0 fully saturated rings. The van der Waals surface area contributed by atoms with Crippen molar-refractivity contribution in [1.29, 1.82) is 0 Å². The lowest BCUT2D eigenvalue weighted by atomic mass is 10.00. The first-order chi connectivity index (χ1) is 14.7. The first-order valence-electron chi connectivity index (χ1n) is 11.3. The Hall–Kier alpha value is -1.90. The summed E-state index contributed by atoms with van der Waals surface area (Å²) in [7, 11) is 0. The summed E-state index contributed by atoms with van der Waals surface area (Å²) in [6, 6.07) is -0.504. The van der Waals surface area contributed by atoms with Crippen LogP contribution >= 0.6 is 15.9 Å². The smallest absolute Gasteiger partial charge is 0.408 e. The molecule has 2 bridgehead atoms. The fraction of sp³-hybridized carbons (Fsp3) is 0.727. The second-order valence-corrected chi connectivity index (χ2v) is 9.78. The molecule has 0 spiro atoms. The molecule has 1 aliphatic heterocycles. The highest BCUT2D eigenvalue weighted by Crippen LogP contribution is 2.20. The maximum Gasteiger partial charge on any atom is 0.408 e. The number of rotatable bonds is 1. The number of carbonyl (C=O) groups is 2. The monoisotopic (exact) mass is 497 g/mol. The van der Waals surface area contributed by atoms with E-state index in [1.807, 2.05) is 20.8 Å². The van der Waals surface area contributed by atoms with Crippen molar-refractivity contribution in [3.05, 3.63) is 10.7 Å². The van der Waals surface area contributed by atoms with Crippen molar-refractivity contribution < 1.29 is 14.3 Å². The average molecular weight is 498 g/mol. The third-order valence-corrected chi connectivity index (χ3v) is 5.50. The number of Topliss-reactive ketones (excluding diaryl/α,β-unsaturated/α-hetero) is 1. The SMILES string of the molecule is CC(C)(C)OC(=O)N[C@H]1CCCCNc2nc(ncc2Br)NCCCCCCCC1=O. The second kappa shape index (κ2) is 12.8. The Balaban J connectivity index is 1.98. The van der Waals surface area contributed by atoms with Gasteiger partial charge in [0.05, 0.1) is 10.5 Å². The predicted molar refractivity (Wildman–Crippen MR) is 126 cm³/mol. The molecule has 0 saturated carbocycles. The molecule has 1 atom stereocenters. The highest BCUT2D eigenvalue weighted by molar-refractivity contribution is 9.10. The minimum absolute atomic E-state index is 0.0878. The molecule has 0 unspecified atom stereocenters. The van der Waals surface area contributed by atoms with Gasteiger partial charge in [0.15, 0.2) is 5.78 Å². The molecule has 0 radical (unpaired) electrons. The number of anilines is 2.